The van der Waals surface area contributed by atoms with Crippen LogP contribution in [0.25, 0.3) is 0 Å². The van der Waals surface area contributed by atoms with E-state index in [2.05, 4.69) is 48.5 Å². The van der Waals surface area contributed by atoms with Crippen molar-refractivity contribution in [1.29, 1.82) is 0 Å². The topological polar surface area (TPSA) is 35.0 Å². The molecule has 0 aliphatic rings. The molecule has 17 heavy (non-hydrogen) atoms. The first kappa shape index (κ1) is 12.8. The zero-order chi connectivity index (χ0) is 12.3. The van der Waals surface area contributed by atoms with Gasteiger partial charge in [0.1, 0.15) is 16.2 Å². The van der Waals surface area contributed by atoms with Crippen molar-refractivity contribution in [1.82, 2.24) is 9.97 Å². The number of rotatable bonds is 3. The van der Waals surface area contributed by atoms with Crippen molar-refractivity contribution in [2.75, 3.05) is 0 Å². The molecule has 1 aromatic carbocycles. The monoisotopic (exact) mass is 404 g/mol. The minimum absolute atomic E-state index is 0.560. The summed E-state index contributed by atoms with van der Waals surface area (Å²) < 4.78 is 7.59. The van der Waals surface area contributed by atoms with E-state index in [1.807, 2.05) is 31.2 Å². The Labute approximate surface area is 122 Å². The molecule has 2 rings (SSSR count). The molecule has 0 bridgehead atoms. The van der Waals surface area contributed by atoms with Crippen molar-refractivity contribution in [3.05, 3.63) is 44.3 Å². The molecule has 1 aromatic heterocycles. The molecule has 0 amide bonds. The molecule has 1 heterocycles. The Morgan fingerprint density at radius 2 is 1.94 bits per heavy atom. The lowest BCUT2D eigenvalue weighted by Crippen LogP contribution is -1.96. The Bertz CT molecular complexity index is 516. The number of nitrogens with zero attached hydrogens (tertiary/aromatic N) is 2. The second kappa shape index (κ2) is 5.77. The zero-order valence-corrected chi connectivity index (χ0v) is 12.9. The van der Waals surface area contributed by atoms with Crippen LogP contribution >= 0.6 is 38.5 Å². The Kier molecular flexibility index (Phi) is 4.33. The molecule has 2 aromatic rings. The molecular weight excluding hydrogens is 395 g/mol. The van der Waals surface area contributed by atoms with E-state index in [0.29, 0.717) is 5.88 Å². The average molecular weight is 405 g/mol. The normalized spacial score (nSPS) is 10.3. The number of aryl methyl sites for hydroxylation is 1. The van der Waals surface area contributed by atoms with Gasteiger partial charge in [-0.2, -0.15) is 4.98 Å². The van der Waals surface area contributed by atoms with Crippen LogP contribution in [-0.2, 0) is 6.42 Å². The van der Waals surface area contributed by atoms with E-state index < -0.39 is 0 Å². The third-order valence-corrected chi connectivity index (χ3v) is 3.20. The molecule has 0 spiro atoms. The third kappa shape index (κ3) is 3.64. The molecule has 0 aliphatic carbocycles. The lowest BCUT2D eigenvalue weighted by molar-refractivity contribution is 0.458. The Balaban J connectivity index is 2.23. The van der Waals surface area contributed by atoms with E-state index in [-0.39, 0.29) is 0 Å². The van der Waals surface area contributed by atoms with E-state index in [1.165, 1.54) is 3.57 Å². The zero-order valence-electron chi connectivity index (χ0n) is 9.15. The van der Waals surface area contributed by atoms with Gasteiger partial charge >= 0.3 is 0 Å². The van der Waals surface area contributed by atoms with Crippen LogP contribution in [0.3, 0.4) is 0 Å². The molecule has 0 N–H and O–H groups in total. The Morgan fingerprint density at radius 3 is 2.59 bits per heavy atom. The van der Waals surface area contributed by atoms with Crippen LogP contribution in [0.2, 0.25) is 0 Å². The largest absolute Gasteiger partial charge is 0.439 e. The summed E-state index contributed by atoms with van der Waals surface area (Å²) in [6, 6.07) is 9.59. The van der Waals surface area contributed by atoms with Crippen LogP contribution in [0.4, 0.5) is 0 Å². The van der Waals surface area contributed by atoms with Crippen molar-refractivity contribution in [2.45, 2.75) is 13.3 Å². The summed E-state index contributed by atoms with van der Waals surface area (Å²) in [7, 11) is 0. The van der Waals surface area contributed by atoms with E-state index in [1.54, 1.807) is 6.07 Å². The summed E-state index contributed by atoms with van der Waals surface area (Å²) in [4.78, 5) is 8.54. The van der Waals surface area contributed by atoms with Gasteiger partial charge in [0, 0.05) is 16.1 Å². The minimum atomic E-state index is 0.560. The lowest BCUT2D eigenvalue weighted by Gasteiger charge is -2.06. The van der Waals surface area contributed by atoms with Gasteiger partial charge in [-0.1, -0.05) is 6.92 Å². The third-order valence-electron chi connectivity index (χ3n) is 2.07. The predicted octanol–water partition coefficient (Wildman–Crippen LogP) is 4.20. The summed E-state index contributed by atoms with van der Waals surface area (Å²) in [6.07, 6.45) is 0.780. The van der Waals surface area contributed by atoms with Gasteiger partial charge in [0.05, 0.1) is 0 Å². The smallest absolute Gasteiger partial charge is 0.223 e. The SMILES string of the molecule is CCc1nc(Br)cc(Oc2ccc(I)cc2)n1. The molecule has 3 nitrogen and oxygen atoms in total. The highest BCUT2D eigenvalue weighted by Gasteiger charge is 2.03. The summed E-state index contributed by atoms with van der Waals surface area (Å²) in [5, 5.41) is 0. The highest BCUT2D eigenvalue weighted by molar-refractivity contribution is 14.1. The lowest BCUT2D eigenvalue weighted by atomic mass is 10.3. The van der Waals surface area contributed by atoms with E-state index in [0.717, 1.165) is 22.6 Å². The molecule has 0 unspecified atom stereocenters. The second-order valence-corrected chi connectivity index (χ2v) is 5.41. The van der Waals surface area contributed by atoms with Crippen molar-refractivity contribution in [3.8, 4) is 11.6 Å². The summed E-state index contributed by atoms with van der Waals surface area (Å²) in [5.41, 5.74) is 0. The van der Waals surface area contributed by atoms with Gasteiger partial charge in [-0.05, 0) is 62.8 Å². The molecular formula is C12H10BrIN2O. The number of benzene rings is 1. The predicted molar refractivity (Wildman–Crippen MR) is 78.3 cm³/mol. The number of hydrogen-bond donors (Lipinski definition) is 0. The Hall–Kier alpha value is -0.690. The van der Waals surface area contributed by atoms with Gasteiger partial charge in [0.2, 0.25) is 5.88 Å². The van der Waals surface area contributed by atoms with Crippen LogP contribution in [-0.4, -0.2) is 9.97 Å². The van der Waals surface area contributed by atoms with Crippen molar-refractivity contribution in [2.24, 2.45) is 0 Å². The van der Waals surface area contributed by atoms with E-state index in [9.17, 15) is 0 Å². The fraction of sp³-hybridized carbons (Fsp3) is 0.167. The van der Waals surface area contributed by atoms with Crippen molar-refractivity contribution < 1.29 is 4.74 Å². The first-order chi connectivity index (χ1) is 8.17. The first-order valence-electron chi connectivity index (χ1n) is 5.14. The highest BCUT2D eigenvalue weighted by Crippen LogP contribution is 2.22. The second-order valence-electron chi connectivity index (χ2n) is 3.35. The molecule has 0 saturated carbocycles. The van der Waals surface area contributed by atoms with E-state index >= 15 is 0 Å². The van der Waals surface area contributed by atoms with Crippen LogP contribution in [0, 0.1) is 3.57 Å². The molecule has 0 atom stereocenters. The first-order valence-corrected chi connectivity index (χ1v) is 7.01. The highest BCUT2D eigenvalue weighted by atomic mass is 127. The maximum Gasteiger partial charge on any atom is 0.223 e. The fourth-order valence-electron chi connectivity index (χ4n) is 1.28. The molecule has 5 heteroatoms. The van der Waals surface area contributed by atoms with Crippen LogP contribution in [0.1, 0.15) is 12.7 Å². The van der Waals surface area contributed by atoms with Crippen LogP contribution in [0.15, 0.2) is 34.9 Å². The van der Waals surface area contributed by atoms with Gasteiger partial charge in [-0.15, -0.1) is 0 Å². The number of halogens is 2. The van der Waals surface area contributed by atoms with Gasteiger partial charge in [-0.3, -0.25) is 0 Å². The molecule has 0 fully saturated rings. The van der Waals surface area contributed by atoms with Gasteiger partial charge < -0.3 is 4.74 Å². The quantitative estimate of drug-likeness (QED) is 0.568. The minimum Gasteiger partial charge on any atom is -0.439 e. The molecule has 0 saturated heterocycles. The maximum atomic E-state index is 5.67. The number of ether oxygens (including phenoxy) is 1. The van der Waals surface area contributed by atoms with Crippen LogP contribution < -0.4 is 4.74 Å². The molecule has 0 radical (unpaired) electrons. The number of aromatic nitrogens is 2. The van der Waals surface area contributed by atoms with Crippen molar-refractivity contribution in [3.63, 3.8) is 0 Å². The number of hydrogen-bond acceptors (Lipinski definition) is 3. The van der Waals surface area contributed by atoms with Gasteiger partial charge in [0.25, 0.3) is 0 Å². The average Bonchev–Trinajstić information content (AvgIpc) is 2.31. The Morgan fingerprint density at radius 1 is 1.24 bits per heavy atom. The standard InChI is InChI=1S/C12H10BrIN2O/c1-2-11-15-10(13)7-12(16-11)17-9-5-3-8(14)4-6-9/h3-7H,2H2,1H3. The summed E-state index contributed by atoms with van der Waals surface area (Å²) in [6.45, 7) is 2.01. The molecule has 0 aliphatic heterocycles. The van der Waals surface area contributed by atoms with Gasteiger partial charge in [-0.25, -0.2) is 4.98 Å². The summed E-state index contributed by atoms with van der Waals surface area (Å²) in [5.74, 6) is 2.10. The maximum absolute atomic E-state index is 5.67. The fourth-order valence-corrected chi connectivity index (χ4v) is 2.04. The summed E-state index contributed by atoms with van der Waals surface area (Å²) >= 11 is 5.60. The molecule has 88 valence electrons. The van der Waals surface area contributed by atoms with Crippen molar-refractivity contribution >= 4 is 38.5 Å². The van der Waals surface area contributed by atoms with Crippen LogP contribution in [0.5, 0.6) is 11.6 Å². The van der Waals surface area contributed by atoms with E-state index in [4.69, 9.17) is 4.74 Å². The van der Waals surface area contributed by atoms with Gasteiger partial charge in [0.15, 0.2) is 0 Å².